The summed E-state index contributed by atoms with van der Waals surface area (Å²) in [5.41, 5.74) is -0.288. The molecular formula is C21H31F3N4O3. The van der Waals surface area contributed by atoms with Gasteiger partial charge in [-0.1, -0.05) is 12.1 Å². The highest BCUT2D eigenvalue weighted by Crippen LogP contribution is 2.29. The summed E-state index contributed by atoms with van der Waals surface area (Å²) in [6.07, 6.45) is -1.43. The molecule has 1 unspecified atom stereocenters. The molecule has 1 amide bonds. The van der Waals surface area contributed by atoms with Crippen LogP contribution in [0.2, 0.25) is 0 Å². The van der Waals surface area contributed by atoms with Crippen LogP contribution in [0, 0.1) is 0 Å². The number of hydrogen-bond donors (Lipinski definition) is 2. The van der Waals surface area contributed by atoms with E-state index in [4.69, 9.17) is 9.47 Å². The van der Waals surface area contributed by atoms with E-state index < -0.39 is 11.7 Å². The molecule has 0 bridgehead atoms. The van der Waals surface area contributed by atoms with E-state index in [2.05, 4.69) is 15.6 Å². The van der Waals surface area contributed by atoms with Gasteiger partial charge in [-0.05, 0) is 37.0 Å². The van der Waals surface area contributed by atoms with Crippen molar-refractivity contribution >= 4 is 11.9 Å². The lowest BCUT2D eigenvalue weighted by Crippen LogP contribution is -2.43. The highest BCUT2D eigenvalue weighted by molar-refractivity contribution is 5.86. The van der Waals surface area contributed by atoms with Gasteiger partial charge in [-0.15, -0.1) is 0 Å². The number of hydrogen-bond acceptors (Lipinski definition) is 4. The number of benzene rings is 1. The molecule has 1 atom stereocenters. The molecule has 2 N–H and O–H groups in total. The molecule has 7 nitrogen and oxygen atoms in total. The zero-order valence-electron chi connectivity index (χ0n) is 18.0. The van der Waals surface area contributed by atoms with Gasteiger partial charge in [-0.2, -0.15) is 13.2 Å². The summed E-state index contributed by atoms with van der Waals surface area (Å²) in [4.78, 5) is 17.6. The van der Waals surface area contributed by atoms with Gasteiger partial charge in [0.2, 0.25) is 5.91 Å². The number of alkyl halides is 3. The maximum absolute atomic E-state index is 12.9. The summed E-state index contributed by atoms with van der Waals surface area (Å²) in [6, 6.07) is 5.04. The van der Waals surface area contributed by atoms with Crippen molar-refractivity contribution in [3.63, 3.8) is 0 Å². The number of rotatable bonds is 10. The van der Waals surface area contributed by atoms with Crippen molar-refractivity contribution in [1.82, 2.24) is 15.5 Å². The summed E-state index contributed by atoms with van der Waals surface area (Å²) in [5.74, 6) is 0.209. The van der Waals surface area contributed by atoms with Crippen LogP contribution in [-0.2, 0) is 27.0 Å². The molecule has 0 radical (unpaired) electrons. The predicted octanol–water partition coefficient (Wildman–Crippen LogP) is 2.41. The zero-order chi connectivity index (χ0) is 22.7. The summed E-state index contributed by atoms with van der Waals surface area (Å²) in [5, 5.41) is 6.01. The van der Waals surface area contributed by atoms with Crippen LogP contribution < -0.4 is 10.6 Å². The molecule has 0 saturated carbocycles. The van der Waals surface area contributed by atoms with Crippen LogP contribution in [0.25, 0.3) is 0 Å². The summed E-state index contributed by atoms with van der Waals surface area (Å²) >= 11 is 0. The number of carbonyl (C=O) groups is 1. The van der Waals surface area contributed by atoms with Crippen molar-refractivity contribution < 1.29 is 27.4 Å². The van der Waals surface area contributed by atoms with Crippen molar-refractivity contribution in [2.75, 3.05) is 47.0 Å². The van der Waals surface area contributed by atoms with E-state index >= 15 is 0 Å². The second kappa shape index (κ2) is 12.5. The van der Waals surface area contributed by atoms with E-state index in [1.807, 2.05) is 0 Å². The van der Waals surface area contributed by atoms with Gasteiger partial charge in [0.25, 0.3) is 0 Å². The van der Waals surface area contributed by atoms with Crippen LogP contribution in [0.15, 0.2) is 29.3 Å². The Morgan fingerprint density at radius 3 is 2.81 bits per heavy atom. The molecule has 2 rings (SSSR count). The van der Waals surface area contributed by atoms with Gasteiger partial charge in [0.05, 0.1) is 31.4 Å². The monoisotopic (exact) mass is 444 g/mol. The number of nitrogens with zero attached hydrogens (tertiary/aromatic N) is 2. The van der Waals surface area contributed by atoms with Crippen LogP contribution in [0.3, 0.4) is 0 Å². The molecule has 1 fully saturated rings. The SMILES string of the molecule is CN(C)C(=O)CNC(=NCc1cccc(C(F)(F)F)c1)NCCCOCC1CCCO1. The third-order valence-electron chi connectivity index (χ3n) is 4.67. The van der Waals surface area contributed by atoms with Gasteiger partial charge in [-0.3, -0.25) is 4.79 Å². The Morgan fingerprint density at radius 1 is 1.32 bits per heavy atom. The molecule has 1 aliphatic rings. The fraction of sp³-hybridized carbons (Fsp3) is 0.619. The summed E-state index contributed by atoms with van der Waals surface area (Å²) in [6.45, 7) is 2.52. The quantitative estimate of drug-likeness (QED) is 0.329. The topological polar surface area (TPSA) is 75.2 Å². The van der Waals surface area contributed by atoms with Crippen molar-refractivity contribution in [3.8, 4) is 0 Å². The van der Waals surface area contributed by atoms with E-state index in [-0.39, 0.29) is 25.1 Å². The Hall–Kier alpha value is -2.33. The third kappa shape index (κ3) is 9.56. The van der Waals surface area contributed by atoms with Crippen LogP contribution in [-0.4, -0.2) is 69.9 Å². The molecule has 1 aromatic carbocycles. The number of ether oxygens (including phenoxy) is 2. The Bertz CT molecular complexity index is 720. The Balaban J connectivity index is 1.85. The first-order valence-electron chi connectivity index (χ1n) is 10.3. The van der Waals surface area contributed by atoms with E-state index in [0.717, 1.165) is 31.6 Å². The van der Waals surface area contributed by atoms with Crippen LogP contribution in [0.4, 0.5) is 13.2 Å². The van der Waals surface area contributed by atoms with E-state index in [0.29, 0.717) is 37.7 Å². The highest BCUT2D eigenvalue weighted by Gasteiger charge is 2.30. The van der Waals surface area contributed by atoms with Crippen molar-refractivity contribution in [3.05, 3.63) is 35.4 Å². The average molecular weight is 444 g/mol. The van der Waals surface area contributed by atoms with Crippen molar-refractivity contribution in [2.24, 2.45) is 4.99 Å². The standard InChI is InChI=1S/C21H31F3N4O3/c1-28(2)19(29)14-27-20(25-9-5-10-30-15-18-8-4-11-31-18)26-13-16-6-3-7-17(12-16)21(22,23)24/h3,6-7,12,18H,4-5,8-11,13-15H2,1-2H3,(H2,25,26,27). The van der Waals surface area contributed by atoms with Crippen LogP contribution in [0.5, 0.6) is 0 Å². The predicted molar refractivity (Wildman–Crippen MR) is 112 cm³/mol. The first kappa shape index (κ1) is 24.9. The fourth-order valence-electron chi connectivity index (χ4n) is 2.88. The Kier molecular flexibility index (Phi) is 10.1. The number of nitrogens with one attached hydrogen (secondary N) is 2. The number of halogens is 3. The molecule has 1 heterocycles. The number of aliphatic imine (C=N–C) groups is 1. The molecular weight excluding hydrogens is 413 g/mol. The third-order valence-corrected chi connectivity index (χ3v) is 4.67. The summed E-state index contributed by atoms with van der Waals surface area (Å²) in [7, 11) is 3.28. The van der Waals surface area contributed by atoms with Crippen LogP contribution in [0.1, 0.15) is 30.4 Å². The molecule has 0 aliphatic carbocycles. The van der Waals surface area contributed by atoms with E-state index in [1.54, 1.807) is 20.2 Å². The molecule has 1 saturated heterocycles. The molecule has 10 heteroatoms. The minimum absolute atomic E-state index is 0.0247. The van der Waals surface area contributed by atoms with Crippen molar-refractivity contribution in [1.29, 1.82) is 0 Å². The maximum Gasteiger partial charge on any atom is 0.416 e. The second-order valence-corrected chi connectivity index (χ2v) is 7.49. The smallest absolute Gasteiger partial charge is 0.379 e. The summed E-state index contributed by atoms with van der Waals surface area (Å²) < 4.78 is 49.8. The van der Waals surface area contributed by atoms with Crippen molar-refractivity contribution in [2.45, 2.75) is 38.1 Å². The number of carbonyl (C=O) groups excluding carboxylic acids is 1. The van der Waals surface area contributed by atoms with Gasteiger partial charge in [0, 0.05) is 33.9 Å². The molecule has 174 valence electrons. The number of likely N-dealkylation sites (N-methyl/N-ethyl adjacent to an activating group) is 1. The first-order valence-corrected chi connectivity index (χ1v) is 10.3. The van der Waals surface area contributed by atoms with Gasteiger partial charge in [0.15, 0.2) is 5.96 Å². The lowest BCUT2D eigenvalue weighted by Gasteiger charge is -2.15. The molecule has 1 aromatic rings. The van der Waals surface area contributed by atoms with Gasteiger partial charge in [-0.25, -0.2) is 4.99 Å². The molecule has 0 aromatic heterocycles. The minimum atomic E-state index is -4.40. The minimum Gasteiger partial charge on any atom is -0.379 e. The maximum atomic E-state index is 12.9. The largest absolute Gasteiger partial charge is 0.416 e. The lowest BCUT2D eigenvalue weighted by atomic mass is 10.1. The van der Waals surface area contributed by atoms with Crippen LogP contribution >= 0.6 is 0 Å². The molecule has 31 heavy (non-hydrogen) atoms. The first-order chi connectivity index (χ1) is 14.8. The zero-order valence-corrected chi connectivity index (χ0v) is 18.0. The van der Waals surface area contributed by atoms with Gasteiger partial charge in [0.1, 0.15) is 0 Å². The van der Waals surface area contributed by atoms with E-state index in [1.165, 1.54) is 11.0 Å². The van der Waals surface area contributed by atoms with E-state index in [9.17, 15) is 18.0 Å². The number of amides is 1. The molecule has 0 spiro atoms. The lowest BCUT2D eigenvalue weighted by molar-refractivity contribution is -0.137. The number of guanidine groups is 1. The average Bonchev–Trinajstić information content (AvgIpc) is 3.24. The highest BCUT2D eigenvalue weighted by atomic mass is 19.4. The van der Waals surface area contributed by atoms with Gasteiger partial charge >= 0.3 is 6.18 Å². The second-order valence-electron chi connectivity index (χ2n) is 7.49. The Morgan fingerprint density at radius 2 is 2.13 bits per heavy atom. The normalized spacial score (nSPS) is 16.9. The molecule has 1 aliphatic heterocycles. The Labute approximate surface area is 181 Å². The fourth-order valence-corrected chi connectivity index (χ4v) is 2.88. The van der Waals surface area contributed by atoms with Gasteiger partial charge < -0.3 is 25.0 Å².